The van der Waals surface area contributed by atoms with E-state index in [-0.39, 0.29) is 11.9 Å². The van der Waals surface area contributed by atoms with Gasteiger partial charge in [-0.25, -0.2) is 0 Å². The van der Waals surface area contributed by atoms with Gasteiger partial charge in [0.05, 0.1) is 17.4 Å². The van der Waals surface area contributed by atoms with Gasteiger partial charge in [0, 0.05) is 16.7 Å². The maximum Gasteiger partial charge on any atom is 0.251 e. The fraction of sp³-hybridized carbons (Fsp3) is 0.0588. The van der Waals surface area contributed by atoms with Gasteiger partial charge < -0.3 is 5.32 Å². The van der Waals surface area contributed by atoms with Crippen molar-refractivity contribution in [2.45, 2.75) is 12.5 Å². The zero-order valence-corrected chi connectivity index (χ0v) is 20.8. The standard InChI is InChI=1S/C34H27N3O/c38-34(35-31(26-13-5-2-6-14-26)22-24-10-3-1-4-11-24)28-20-18-27(19-21-28)32-23-33(37-36-32)30-17-9-15-25-12-7-8-16-29(25)30/h1-21,23,31H,22H2,(H,35,38)(H,36,37)/t31-/m0/s1. The van der Waals surface area contributed by atoms with Crippen molar-refractivity contribution in [3.05, 3.63) is 150 Å². The van der Waals surface area contributed by atoms with Crippen LogP contribution in [-0.2, 0) is 6.42 Å². The minimum Gasteiger partial charge on any atom is -0.345 e. The van der Waals surface area contributed by atoms with Crippen molar-refractivity contribution in [3.8, 4) is 22.5 Å². The maximum atomic E-state index is 13.2. The quantitative estimate of drug-likeness (QED) is 0.240. The number of benzene rings is 5. The first-order valence-corrected chi connectivity index (χ1v) is 12.8. The zero-order chi connectivity index (χ0) is 25.7. The molecule has 1 atom stereocenters. The summed E-state index contributed by atoms with van der Waals surface area (Å²) >= 11 is 0. The smallest absolute Gasteiger partial charge is 0.251 e. The number of nitrogens with zero attached hydrogens (tertiary/aromatic N) is 1. The molecule has 1 heterocycles. The molecule has 0 spiro atoms. The minimum atomic E-state index is -0.125. The van der Waals surface area contributed by atoms with Crippen molar-refractivity contribution in [2.24, 2.45) is 0 Å². The van der Waals surface area contributed by atoms with E-state index in [4.69, 9.17) is 0 Å². The topological polar surface area (TPSA) is 57.8 Å². The van der Waals surface area contributed by atoms with Gasteiger partial charge in [-0.05, 0) is 46.5 Å². The fourth-order valence-corrected chi connectivity index (χ4v) is 4.89. The van der Waals surface area contributed by atoms with E-state index in [9.17, 15) is 4.79 Å². The number of rotatable bonds is 7. The third-order valence-corrected chi connectivity index (χ3v) is 6.89. The number of hydrogen-bond acceptors (Lipinski definition) is 2. The lowest BCUT2D eigenvalue weighted by molar-refractivity contribution is 0.0936. The van der Waals surface area contributed by atoms with Gasteiger partial charge in [-0.15, -0.1) is 0 Å². The molecule has 6 aromatic rings. The van der Waals surface area contributed by atoms with E-state index in [0.717, 1.165) is 34.5 Å². The molecule has 38 heavy (non-hydrogen) atoms. The highest BCUT2D eigenvalue weighted by molar-refractivity contribution is 5.97. The molecule has 184 valence electrons. The predicted octanol–water partition coefficient (Wildman–Crippen LogP) is 7.61. The average molecular weight is 494 g/mol. The molecule has 5 aromatic carbocycles. The van der Waals surface area contributed by atoms with Crippen LogP contribution in [0.4, 0.5) is 0 Å². The van der Waals surface area contributed by atoms with Crippen LogP contribution >= 0.6 is 0 Å². The van der Waals surface area contributed by atoms with Crippen LogP contribution in [0.1, 0.15) is 27.5 Å². The number of carbonyl (C=O) groups excluding carboxylic acids is 1. The number of fused-ring (bicyclic) bond motifs is 1. The second-order valence-corrected chi connectivity index (χ2v) is 9.40. The lowest BCUT2D eigenvalue weighted by atomic mass is 9.98. The molecule has 6 rings (SSSR count). The van der Waals surface area contributed by atoms with Gasteiger partial charge in [0.2, 0.25) is 0 Å². The molecule has 0 fully saturated rings. The molecule has 1 amide bonds. The Balaban J connectivity index is 1.21. The molecule has 2 N–H and O–H groups in total. The summed E-state index contributed by atoms with van der Waals surface area (Å²) < 4.78 is 0. The molecule has 0 aliphatic heterocycles. The Labute approximate surface area is 222 Å². The minimum absolute atomic E-state index is 0.0974. The molecule has 4 heteroatoms. The van der Waals surface area contributed by atoms with Gasteiger partial charge in [0.1, 0.15) is 0 Å². The summed E-state index contributed by atoms with van der Waals surface area (Å²) in [5.41, 5.74) is 6.75. The first-order chi connectivity index (χ1) is 18.7. The first kappa shape index (κ1) is 23.4. The highest BCUT2D eigenvalue weighted by Gasteiger charge is 2.17. The van der Waals surface area contributed by atoms with Crippen molar-refractivity contribution in [3.63, 3.8) is 0 Å². The van der Waals surface area contributed by atoms with Crippen LogP contribution < -0.4 is 5.32 Å². The van der Waals surface area contributed by atoms with Crippen molar-refractivity contribution >= 4 is 16.7 Å². The Bertz CT molecular complexity index is 1670. The average Bonchev–Trinajstić information content (AvgIpc) is 3.48. The van der Waals surface area contributed by atoms with E-state index in [1.807, 2.05) is 66.7 Å². The molecule has 4 nitrogen and oxygen atoms in total. The van der Waals surface area contributed by atoms with Crippen LogP contribution in [0.2, 0.25) is 0 Å². The van der Waals surface area contributed by atoms with Gasteiger partial charge in [-0.2, -0.15) is 5.10 Å². The molecule has 0 aliphatic rings. The summed E-state index contributed by atoms with van der Waals surface area (Å²) in [6, 6.07) is 44.5. The van der Waals surface area contributed by atoms with E-state index in [1.165, 1.54) is 16.3 Å². The second kappa shape index (κ2) is 10.6. The molecular weight excluding hydrogens is 466 g/mol. The molecule has 0 bridgehead atoms. The van der Waals surface area contributed by atoms with Crippen molar-refractivity contribution < 1.29 is 4.79 Å². The van der Waals surface area contributed by atoms with E-state index in [1.54, 1.807) is 0 Å². The number of H-pyrrole nitrogens is 1. The summed E-state index contributed by atoms with van der Waals surface area (Å²) in [6.45, 7) is 0. The third kappa shape index (κ3) is 4.97. The van der Waals surface area contributed by atoms with E-state index in [2.05, 4.69) is 82.2 Å². The van der Waals surface area contributed by atoms with Crippen molar-refractivity contribution in [2.75, 3.05) is 0 Å². The van der Waals surface area contributed by atoms with E-state index < -0.39 is 0 Å². The van der Waals surface area contributed by atoms with Gasteiger partial charge in [-0.1, -0.05) is 115 Å². The van der Waals surface area contributed by atoms with Crippen molar-refractivity contribution in [1.29, 1.82) is 0 Å². The predicted molar refractivity (Wildman–Crippen MR) is 154 cm³/mol. The van der Waals surface area contributed by atoms with Crippen LogP contribution in [0.5, 0.6) is 0 Å². The number of carbonyl (C=O) groups is 1. The maximum absolute atomic E-state index is 13.2. The van der Waals surface area contributed by atoms with Gasteiger partial charge >= 0.3 is 0 Å². The molecule has 0 saturated carbocycles. The van der Waals surface area contributed by atoms with E-state index in [0.29, 0.717) is 5.56 Å². The summed E-state index contributed by atoms with van der Waals surface area (Å²) in [7, 11) is 0. The normalized spacial score (nSPS) is 11.8. The fourth-order valence-electron chi connectivity index (χ4n) is 4.89. The number of hydrogen-bond donors (Lipinski definition) is 2. The van der Waals surface area contributed by atoms with E-state index >= 15 is 0 Å². The molecule has 0 aliphatic carbocycles. The Morgan fingerprint density at radius 2 is 1.42 bits per heavy atom. The van der Waals surface area contributed by atoms with Crippen molar-refractivity contribution in [1.82, 2.24) is 15.5 Å². The Morgan fingerprint density at radius 3 is 2.21 bits per heavy atom. The van der Waals surface area contributed by atoms with Crippen LogP contribution in [-0.4, -0.2) is 16.1 Å². The highest BCUT2D eigenvalue weighted by atomic mass is 16.1. The van der Waals surface area contributed by atoms with Crippen LogP contribution in [0.3, 0.4) is 0 Å². The number of amides is 1. The SMILES string of the molecule is O=C(N[C@@H](Cc1ccccc1)c1ccccc1)c1ccc(-c2cc(-c3cccc4ccccc34)[nH]n2)cc1. The lowest BCUT2D eigenvalue weighted by Gasteiger charge is -2.20. The number of aromatic amines is 1. The van der Waals surface area contributed by atoms with Crippen LogP contribution in [0, 0.1) is 0 Å². The lowest BCUT2D eigenvalue weighted by Crippen LogP contribution is -2.30. The summed E-state index contributed by atoms with van der Waals surface area (Å²) in [4.78, 5) is 13.2. The Hall–Kier alpha value is -4.96. The number of nitrogens with one attached hydrogen (secondary N) is 2. The van der Waals surface area contributed by atoms with Gasteiger partial charge in [0.15, 0.2) is 0 Å². The van der Waals surface area contributed by atoms with Gasteiger partial charge in [-0.3, -0.25) is 9.89 Å². The summed E-state index contributed by atoms with van der Waals surface area (Å²) in [6.07, 6.45) is 0.721. The second-order valence-electron chi connectivity index (χ2n) is 9.40. The summed E-state index contributed by atoms with van der Waals surface area (Å²) in [5.74, 6) is -0.0974. The largest absolute Gasteiger partial charge is 0.345 e. The summed E-state index contributed by atoms with van der Waals surface area (Å²) in [5, 5.41) is 13.4. The monoisotopic (exact) mass is 493 g/mol. The third-order valence-electron chi connectivity index (χ3n) is 6.89. The molecule has 0 radical (unpaired) electrons. The zero-order valence-electron chi connectivity index (χ0n) is 20.8. The molecular formula is C34H27N3O. The molecule has 0 unspecified atom stereocenters. The number of aromatic nitrogens is 2. The van der Waals surface area contributed by atoms with Crippen LogP contribution in [0.15, 0.2) is 133 Å². The Kier molecular flexibility index (Phi) is 6.52. The van der Waals surface area contributed by atoms with Gasteiger partial charge in [0.25, 0.3) is 5.91 Å². The molecule has 1 aromatic heterocycles. The first-order valence-electron chi connectivity index (χ1n) is 12.8. The Morgan fingerprint density at radius 1 is 0.737 bits per heavy atom. The van der Waals surface area contributed by atoms with Crippen LogP contribution in [0.25, 0.3) is 33.3 Å². The molecule has 0 saturated heterocycles. The highest BCUT2D eigenvalue weighted by Crippen LogP contribution is 2.30.